The third-order valence-electron chi connectivity index (χ3n) is 7.51. The number of aryl methyl sites for hydroxylation is 2. The monoisotopic (exact) mass is 609 g/mol. The van der Waals surface area contributed by atoms with Crippen LogP contribution in [0.2, 0.25) is 10.0 Å². The first kappa shape index (κ1) is 32.2. The molecule has 0 aliphatic heterocycles. The first-order valence-corrected chi connectivity index (χ1v) is 16.6. The molecule has 7 nitrogen and oxygen atoms in total. The van der Waals surface area contributed by atoms with E-state index in [1.807, 2.05) is 39.0 Å². The van der Waals surface area contributed by atoms with E-state index in [9.17, 15) is 18.0 Å². The van der Waals surface area contributed by atoms with Crippen LogP contribution in [0.25, 0.3) is 0 Å². The Bertz CT molecular complexity index is 1280. The standard InChI is InChI=1S/C30H41Cl2N3O4S/c1-5-27(30(37)33-23-11-7-6-8-12-23)34(20-24-25(31)13-9-14-26(24)32)29(36)15-10-18-35(40(4,38)39)28-19-21(2)16-17-22(28)3/h9,13-14,16-17,19,23,27H,5-8,10-12,15,18,20H2,1-4H3,(H,33,37)/t27-/m1/s1. The lowest BCUT2D eigenvalue weighted by atomic mass is 9.95. The first-order chi connectivity index (χ1) is 18.9. The summed E-state index contributed by atoms with van der Waals surface area (Å²) < 4.78 is 26.8. The van der Waals surface area contributed by atoms with Gasteiger partial charge in [0.25, 0.3) is 0 Å². The van der Waals surface area contributed by atoms with Crippen LogP contribution in [0.4, 0.5) is 5.69 Å². The maximum atomic E-state index is 13.7. The Hall–Kier alpha value is -2.29. The molecule has 0 saturated heterocycles. The van der Waals surface area contributed by atoms with E-state index in [4.69, 9.17) is 23.2 Å². The van der Waals surface area contributed by atoms with Crippen molar-refractivity contribution >= 4 is 50.7 Å². The second-order valence-electron chi connectivity index (χ2n) is 10.7. The van der Waals surface area contributed by atoms with Gasteiger partial charge in [-0.3, -0.25) is 13.9 Å². The molecular weight excluding hydrogens is 569 g/mol. The topological polar surface area (TPSA) is 86.8 Å². The van der Waals surface area contributed by atoms with Crippen LogP contribution in [0.1, 0.15) is 75.0 Å². The molecule has 1 aliphatic carbocycles. The number of hydrogen-bond donors (Lipinski definition) is 1. The van der Waals surface area contributed by atoms with E-state index in [1.165, 1.54) is 17.0 Å². The number of rotatable bonds is 12. The molecule has 10 heteroatoms. The fourth-order valence-electron chi connectivity index (χ4n) is 5.29. The van der Waals surface area contributed by atoms with Crippen molar-refractivity contribution in [3.63, 3.8) is 0 Å². The molecule has 0 heterocycles. The van der Waals surface area contributed by atoms with E-state index in [0.29, 0.717) is 27.7 Å². The average Bonchev–Trinajstić information content (AvgIpc) is 2.89. The molecule has 1 aliphatic rings. The summed E-state index contributed by atoms with van der Waals surface area (Å²) in [7, 11) is -3.58. The maximum Gasteiger partial charge on any atom is 0.243 e. The van der Waals surface area contributed by atoms with Gasteiger partial charge >= 0.3 is 0 Å². The second kappa shape index (κ2) is 14.6. The van der Waals surface area contributed by atoms with Gasteiger partial charge in [0.05, 0.1) is 11.9 Å². The Morgan fingerprint density at radius 2 is 1.70 bits per heavy atom. The number of hydrogen-bond acceptors (Lipinski definition) is 4. The highest BCUT2D eigenvalue weighted by atomic mass is 35.5. The lowest BCUT2D eigenvalue weighted by Gasteiger charge is -2.33. The predicted molar refractivity (Wildman–Crippen MR) is 163 cm³/mol. The van der Waals surface area contributed by atoms with Crippen molar-refractivity contribution in [1.82, 2.24) is 10.2 Å². The number of sulfonamides is 1. The molecule has 0 bridgehead atoms. The SMILES string of the molecule is CC[C@H](C(=O)NC1CCCCC1)N(Cc1c(Cl)cccc1Cl)C(=O)CCCN(c1cc(C)ccc1C)S(C)(=O)=O. The van der Waals surface area contributed by atoms with Crippen LogP contribution in [0.15, 0.2) is 36.4 Å². The Morgan fingerprint density at radius 1 is 1.05 bits per heavy atom. The van der Waals surface area contributed by atoms with Crippen LogP contribution in [-0.4, -0.2) is 50.0 Å². The van der Waals surface area contributed by atoms with Crippen molar-refractivity contribution in [2.45, 2.75) is 90.8 Å². The summed E-state index contributed by atoms with van der Waals surface area (Å²) in [6.45, 7) is 5.88. The summed E-state index contributed by atoms with van der Waals surface area (Å²) in [4.78, 5) is 28.8. The maximum absolute atomic E-state index is 13.7. The van der Waals surface area contributed by atoms with Gasteiger partial charge in [0.2, 0.25) is 21.8 Å². The number of amides is 2. The zero-order chi connectivity index (χ0) is 29.4. The number of benzene rings is 2. The van der Waals surface area contributed by atoms with Gasteiger partial charge in [-0.05, 0) is 68.9 Å². The van der Waals surface area contributed by atoms with Gasteiger partial charge in [-0.2, -0.15) is 0 Å². The number of halogens is 2. The molecule has 1 atom stereocenters. The van der Waals surface area contributed by atoms with Crippen LogP contribution in [0.5, 0.6) is 0 Å². The lowest BCUT2D eigenvalue weighted by molar-refractivity contribution is -0.141. The smallest absolute Gasteiger partial charge is 0.243 e. The van der Waals surface area contributed by atoms with Crippen molar-refractivity contribution < 1.29 is 18.0 Å². The Kier molecular flexibility index (Phi) is 11.7. The fourth-order valence-corrected chi connectivity index (χ4v) is 6.82. The quantitative estimate of drug-likeness (QED) is 0.301. The van der Waals surface area contributed by atoms with E-state index < -0.39 is 16.1 Å². The number of carbonyl (C=O) groups excluding carboxylic acids is 2. The van der Waals surface area contributed by atoms with E-state index >= 15 is 0 Å². The van der Waals surface area contributed by atoms with Gasteiger partial charge in [-0.15, -0.1) is 0 Å². The normalized spacial score (nSPS) is 14.9. The molecular formula is C30H41Cl2N3O4S. The second-order valence-corrected chi connectivity index (χ2v) is 13.4. The Morgan fingerprint density at radius 3 is 2.30 bits per heavy atom. The minimum absolute atomic E-state index is 0.0617. The first-order valence-electron chi connectivity index (χ1n) is 14.0. The van der Waals surface area contributed by atoms with Crippen LogP contribution >= 0.6 is 23.2 Å². The zero-order valence-electron chi connectivity index (χ0n) is 23.9. The molecule has 2 aromatic carbocycles. The van der Waals surface area contributed by atoms with E-state index in [1.54, 1.807) is 23.1 Å². The van der Waals surface area contributed by atoms with Crippen LogP contribution < -0.4 is 9.62 Å². The van der Waals surface area contributed by atoms with Gasteiger partial charge in [0.15, 0.2) is 0 Å². The van der Waals surface area contributed by atoms with Gasteiger partial charge < -0.3 is 10.2 Å². The molecule has 1 N–H and O–H groups in total. The third-order valence-corrected chi connectivity index (χ3v) is 9.40. The minimum Gasteiger partial charge on any atom is -0.352 e. The minimum atomic E-state index is -3.58. The van der Waals surface area contributed by atoms with Crippen molar-refractivity contribution in [3.05, 3.63) is 63.1 Å². The lowest BCUT2D eigenvalue weighted by Crippen LogP contribution is -2.51. The third kappa shape index (κ3) is 8.60. The fraction of sp³-hybridized carbons (Fsp3) is 0.533. The number of nitrogens with one attached hydrogen (secondary N) is 1. The molecule has 1 saturated carbocycles. The van der Waals surface area contributed by atoms with Gasteiger partial charge in [-0.1, -0.05) is 67.6 Å². The molecule has 1 fully saturated rings. The summed E-state index contributed by atoms with van der Waals surface area (Å²) in [6, 6.07) is 10.2. The number of anilines is 1. The van der Waals surface area contributed by atoms with Crippen LogP contribution in [-0.2, 0) is 26.2 Å². The predicted octanol–water partition coefficient (Wildman–Crippen LogP) is 6.41. The highest BCUT2D eigenvalue weighted by Gasteiger charge is 2.31. The molecule has 40 heavy (non-hydrogen) atoms. The molecule has 0 spiro atoms. The van der Waals surface area contributed by atoms with Gasteiger partial charge in [-0.25, -0.2) is 8.42 Å². The summed E-state index contributed by atoms with van der Waals surface area (Å²) in [5.74, 6) is -0.435. The van der Waals surface area contributed by atoms with Crippen LogP contribution in [0, 0.1) is 13.8 Å². The summed E-state index contributed by atoms with van der Waals surface area (Å²) in [5.41, 5.74) is 2.97. The molecule has 0 aromatic heterocycles. The molecule has 2 aromatic rings. The largest absolute Gasteiger partial charge is 0.352 e. The molecule has 2 amide bonds. The van der Waals surface area contributed by atoms with Crippen molar-refractivity contribution in [1.29, 1.82) is 0 Å². The van der Waals surface area contributed by atoms with E-state index in [0.717, 1.165) is 36.8 Å². The van der Waals surface area contributed by atoms with Crippen molar-refractivity contribution in [3.8, 4) is 0 Å². The number of nitrogens with zero attached hydrogens (tertiary/aromatic N) is 2. The Labute approximate surface area is 249 Å². The van der Waals surface area contributed by atoms with Gasteiger partial charge in [0.1, 0.15) is 6.04 Å². The van der Waals surface area contributed by atoms with E-state index in [2.05, 4.69) is 5.32 Å². The summed E-state index contributed by atoms with van der Waals surface area (Å²) in [6.07, 6.45) is 7.14. The van der Waals surface area contributed by atoms with Gasteiger partial charge in [0, 0.05) is 41.2 Å². The Balaban J connectivity index is 1.82. The highest BCUT2D eigenvalue weighted by molar-refractivity contribution is 7.92. The summed E-state index contributed by atoms with van der Waals surface area (Å²) >= 11 is 12.9. The van der Waals surface area contributed by atoms with Crippen molar-refractivity contribution in [2.75, 3.05) is 17.1 Å². The number of carbonyl (C=O) groups is 2. The average molecular weight is 611 g/mol. The molecule has 3 rings (SSSR count). The summed E-state index contributed by atoms with van der Waals surface area (Å²) in [5, 5.41) is 4.01. The zero-order valence-corrected chi connectivity index (χ0v) is 26.2. The van der Waals surface area contributed by atoms with Crippen LogP contribution in [0.3, 0.4) is 0 Å². The molecule has 0 radical (unpaired) electrons. The molecule has 0 unspecified atom stereocenters. The van der Waals surface area contributed by atoms with E-state index in [-0.39, 0.29) is 43.8 Å². The highest BCUT2D eigenvalue weighted by Crippen LogP contribution is 2.28. The molecule has 220 valence electrons. The van der Waals surface area contributed by atoms with Crippen molar-refractivity contribution in [2.24, 2.45) is 0 Å².